The first-order valence-electron chi connectivity index (χ1n) is 10.4. The number of hydrogen-bond acceptors (Lipinski definition) is 5. The van der Waals surface area contributed by atoms with Crippen molar-refractivity contribution >= 4 is 34.2 Å². The number of carbonyl (C=O) groups excluding carboxylic acids is 3. The summed E-state index contributed by atoms with van der Waals surface area (Å²) < 4.78 is 13.7. The summed E-state index contributed by atoms with van der Waals surface area (Å²) in [6.07, 6.45) is 1.54. The minimum absolute atomic E-state index is 0.0591. The van der Waals surface area contributed by atoms with Gasteiger partial charge in [0.25, 0.3) is 5.91 Å². The van der Waals surface area contributed by atoms with Crippen LogP contribution in [0.3, 0.4) is 0 Å². The third-order valence-corrected chi connectivity index (χ3v) is 5.95. The average Bonchev–Trinajstić information content (AvgIpc) is 3.18. The predicted octanol–water partition coefficient (Wildman–Crippen LogP) is 3.18. The van der Waals surface area contributed by atoms with Gasteiger partial charge in [-0.25, -0.2) is 9.37 Å². The Morgan fingerprint density at radius 3 is 2.39 bits per heavy atom. The van der Waals surface area contributed by atoms with Gasteiger partial charge in [0.1, 0.15) is 5.82 Å². The number of aromatic nitrogens is 1. The Morgan fingerprint density at radius 1 is 1.10 bits per heavy atom. The van der Waals surface area contributed by atoms with Crippen molar-refractivity contribution in [3.8, 4) is 0 Å². The molecular formula is C22H27FN4O3S. The molecule has 1 aromatic heterocycles. The zero-order chi connectivity index (χ0) is 22.4. The molecule has 1 fully saturated rings. The van der Waals surface area contributed by atoms with Crippen LogP contribution in [0.15, 0.2) is 29.6 Å². The number of amides is 3. The maximum absolute atomic E-state index is 13.7. The number of nitrogens with one attached hydrogen (secondary N) is 1. The van der Waals surface area contributed by atoms with E-state index >= 15 is 0 Å². The Kier molecular flexibility index (Phi) is 7.73. The highest BCUT2D eigenvalue weighted by atomic mass is 32.1. The van der Waals surface area contributed by atoms with Gasteiger partial charge in [0.05, 0.1) is 17.7 Å². The van der Waals surface area contributed by atoms with Gasteiger partial charge in [-0.2, -0.15) is 0 Å². The normalized spacial score (nSPS) is 14.1. The summed E-state index contributed by atoms with van der Waals surface area (Å²) in [5.74, 6) is -0.606. The van der Waals surface area contributed by atoms with Crippen LogP contribution in [0, 0.1) is 11.7 Å². The maximum atomic E-state index is 13.7. The lowest BCUT2D eigenvalue weighted by Gasteiger charge is -2.35. The van der Waals surface area contributed by atoms with E-state index in [9.17, 15) is 18.8 Å². The van der Waals surface area contributed by atoms with Gasteiger partial charge in [-0.15, -0.1) is 11.3 Å². The fraction of sp³-hybridized carbons (Fsp3) is 0.455. The van der Waals surface area contributed by atoms with Crippen LogP contribution in [-0.4, -0.2) is 58.7 Å². The van der Waals surface area contributed by atoms with Crippen LogP contribution < -0.4 is 5.32 Å². The van der Waals surface area contributed by atoms with Gasteiger partial charge in [-0.05, 0) is 24.5 Å². The average molecular weight is 447 g/mol. The van der Waals surface area contributed by atoms with E-state index < -0.39 is 11.7 Å². The zero-order valence-corrected chi connectivity index (χ0v) is 18.6. The van der Waals surface area contributed by atoms with Crippen molar-refractivity contribution in [3.63, 3.8) is 0 Å². The summed E-state index contributed by atoms with van der Waals surface area (Å²) in [6.45, 7) is 6.30. The number of rotatable bonds is 7. The summed E-state index contributed by atoms with van der Waals surface area (Å²) in [5, 5.41) is 4.59. The molecule has 0 atom stereocenters. The summed E-state index contributed by atoms with van der Waals surface area (Å²) in [6, 6.07) is 5.72. The number of thiazole rings is 1. The Morgan fingerprint density at radius 2 is 1.74 bits per heavy atom. The molecule has 0 unspecified atom stereocenters. The Hall–Kier alpha value is -2.81. The number of halogens is 1. The molecule has 2 heterocycles. The second kappa shape index (κ2) is 10.5. The highest BCUT2D eigenvalue weighted by molar-refractivity contribution is 7.14. The molecule has 1 aliphatic heterocycles. The number of hydrogen-bond donors (Lipinski definition) is 1. The van der Waals surface area contributed by atoms with Crippen LogP contribution in [-0.2, 0) is 16.0 Å². The van der Waals surface area contributed by atoms with Crippen molar-refractivity contribution in [2.45, 2.75) is 33.1 Å². The molecule has 7 nitrogen and oxygen atoms in total. The predicted molar refractivity (Wildman–Crippen MR) is 117 cm³/mol. The molecule has 3 amide bonds. The van der Waals surface area contributed by atoms with E-state index in [-0.39, 0.29) is 23.8 Å². The molecule has 0 bridgehead atoms. The van der Waals surface area contributed by atoms with Crippen molar-refractivity contribution in [2.75, 3.05) is 31.5 Å². The molecule has 31 heavy (non-hydrogen) atoms. The number of benzene rings is 1. The molecule has 0 saturated carbocycles. The highest BCUT2D eigenvalue weighted by Gasteiger charge is 2.24. The van der Waals surface area contributed by atoms with Crippen LogP contribution in [0.4, 0.5) is 9.52 Å². The van der Waals surface area contributed by atoms with Crippen molar-refractivity contribution in [1.82, 2.24) is 14.8 Å². The Labute approximate surface area is 185 Å². The van der Waals surface area contributed by atoms with Gasteiger partial charge in [0, 0.05) is 38.0 Å². The standard InChI is InChI=1S/C22H27FN4O3S/c1-15(2)7-8-19(28)26-9-11-27(12-10-26)20(29)13-16-14-31-22(24-16)25-21(30)17-5-3-4-6-18(17)23/h3-6,14-15H,7-13H2,1-2H3,(H,24,25,30). The van der Waals surface area contributed by atoms with Crippen LogP contribution >= 0.6 is 11.3 Å². The SMILES string of the molecule is CC(C)CCC(=O)N1CCN(C(=O)Cc2csc(NC(=O)c3ccccc3F)n2)CC1. The lowest BCUT2D eigenvalue weighted by molar-refractivity contribution is -0.139. The van der Waals surface area contributed by atoms with Crippen LogP contribution in [0.2, 0.25) is 0 Å². The first kappa shape index (κ1) is 22.9. The lowest BCUT2D eigenvalue weighted by Crippen LogP contribution is -2.51. The van der Waals surface area contributed by atoms with Gasteiger partial charge in [0.15, 0.2) is 5.13 Å². The summed E-state index contributed by atoms with van der Waals surface area (Å²) in [4.78, 5) is 44.9. The molecule has 3 rings (SSSR count). The van der Waals surface area contributed by atoms with E-state index in [0.29, 0.717) is 49.3 Å². The zero-order valence-electron chi connectivity index (χ0n) is 17.8. The lowest BCUT2D eigenvalue weighted by atomic mass is 10.1. The molecule has 0 spiro atoms. The maximum Gasteiger partial charge on any atom is 0.260 e. The number of piperazine rings is 1. The smallest absolute Gasteiger partial charge is 0.260 e. The Bertz CT molecular complexity index is 938. The molecule has 1 saturated heterocycles. The third-order valence-electron chi connectivity index (χ3n) is 5.14. The topological polar surface area (TPSA) is 82.6 Å². The second-order valence-electron chi connectivity index (χ2n) is 7.95. The molecule has 0 aliphatic carbocycles. The van der Waals surface area contributed by atoms with Crippen molar-refractivity contribution in [2.24, 2.45) is 5.92 Å². The van der Waals surface area contributed by atoms with E-state index in [1.54, 1.807) is 16.3 Å². The second-order valence-corrected chi connectivity index (χ2v) is 8.81. The van der Waals surface area contributed by atoms with Crippen molar-refractivity contribution in [1.29, 1.82) is 0 Å². The molecule has 1 aliphatic rings. The molecule has 9 heteroatoms. The molecule has 1 N–H and O–H groups in total. The number of nitrogens with zero attached hydrogens (tertiary/aromatic N) is 3. The number of carbonyl (C=O) groups is 3. The molecular weight excluding hydrogens is 419 g/mol. The van der Waals surface area contributed by atoms with Gasteiger partial charge in [0.2, 0.25) is 11.8 Å². The minimum atomic E-state index is -0.603. The van der Waals surface area contributed by atoms with E-state index in [1.807, 2.05) is 4.90 Å². The largest absolute Gasteiger partial charge is 0.339 e. The number of anilines is 1. The fourth-order valence-corrected chi connectivity index (χ4v) is 4.00. The Balaban J connectivity index is 1.48. The molecule has 2 aromatic rings. The van der Waals surface area contributed by atoms with Crippen molar-refractivity contribution in [3.05, 3.63) is 46.7 Å². The van der Waals surface area contributed by atoms with Crippen LogP contribution in [0.5, 0.6) is 0 Å². The highest BCUT2D eigenvalue weighted by Crippen LogP contribution is 2.19. The van der Waals surface area contributed by atoms with Crippen LogP contribution in [0.25, 0.3) is 0 Å². The fourth-order valence-electron chi connectivity index (χ4n) is 3.30. The van der Waals surface area contributed by atoms with E-state index in [4.69, 9.17) is 0 Å². The van der Waals surface area contributed by atoms with E-state index in [1.165, 1.54) is 29.5 Å². The first-order valence-corrected chi connectivity index (χ1v) is 11.3. The third kappa shape index (κ3) is 6.33. The quantitative estimate of drug-likeness (QED) is 0.708. The van der Waals surface area contributed by atoms with Crippen LogP contribution in [0.1, 0.15) is 42.7 Å². The van der Waals surface area contributed by atoms with E-state index in [0.717, 1.165) is 6.42 Å². The summed E-state index contributed by atoms with van der Waals surface area (Å²) in [5.41, 5.74) is 0.491. The summed E-state index contributed by atoms with van der Waals surface area (Å²) >= 11 is 1.19. The van der Waals surface area contributed by atoms with Gasteiger partial charge < -0.3 is 9.80 Å². The van der Waals surface area contributed by atoms with Gasteiger partial charge >= 0.3 is 0 Å². The van der Waals surface area contributed by atoms with Gasteiger partial charge in [-0.1, -0.05) is 26.0 Å². The molecule has 0 radical (unpaired) electrons. The minimum Gasteiger partial charge on any atom is -0.339 e. The van der Waals surface area contributed by atoms with E-state index in [2.05, 4.69) is 24.1 Å². The molecule has 166 valence electrons. The monoisotopic (exact) mass is 446 g/mol. The first-order chi connectivity index (χ1) is 14.8. The molecule has 1 aromatic carbocycles. The van der Waals surface area contributed by atoms with Gasteiger partial charge in [-0.3, -0.25) is 19.7 Å². The summed E-state index contributed by atoms with van der Waals surface area (Å²) in [7, 11) is 0. The van der Waals surface area contributed by atoms with Crippen molar-refractivity contribution < 1.29 is 18.8 Å².